The molecule has 1 unspecified atom stereocenters. The number of benzene rings is 1. The van der Waals surface area contributed by atoms with Gasteiger partial charge in [0.05, 0.1) is 0 Å². The van der Waals surface area contributed by atoms with Crippen LogP contribution in [0.15, 0.2) is 24.3 Å². The van der Waals surface area contributed by atoms with Crippen LogP contribution in [0.1, 0.15) is 13.3 Å². The van der Waals surface area contributed by atoms with E-state index in [1.165, 1.54) is 31.2 Å². The number of phenolic OH excluding ortho intramolecular Hbond substituents is 1. The molecule has 1 aromatic carbocycles. The molecule has 0 bridgehead atoms. The summed E-state index contributed by atoms with van der Waals surface area (Å²) < 4.78 is 41.1. The van der Waals surface area contributed by atoms with Gasteiger partial charge in [0.15, 0.2) is 6.10 Å². The van der Waals surface area contributed by atoms with Crippen LogP contribution in [-0.4, -0.2) is 42.3 Å². The lowest BCUT2D eigenvalue weighted by Crippen LogP contribution is -2.40. The maximum atomic E-state index is 11.9. The van der Waals surface area contributed by atoms with Gasteiger partial charge in [-0.25, -0.2) is 0 Å². The second kappa shape index (κ2) is 8.25. The van der Waals surface area contributed by atoms with E-state index in [2.05, 4.69) is 5.32 Å². The molecule has 0 spiro atoms. The highest BCUT2D eigenvalue weighted by Gasteiger charge is 2.38. The van der Waals surface area contributed by atoms with E-state index in [1.54, 1.807) is 5.32 Å². The number of nitrogens with one attached hydrogen (secondary N) is 2. The fourth-order valence-electron chi connectivity index (χ4n) is 1.53. The molecule has 0 saturated carbocycles. The highest BCUT2D eigenvalue weighted by Crippen LogP contribution is 2.17. The Hall–Kier alpha value is -2.45. The minimum atomic E-state index is -4.91. The zero-order chi connectivity index (χ0) is 17.5. The average molecular weight is 334 g/mol. The van der Waals surface area contributed by atoms with Crippen LogP contribution in [0.2, 0.25) is 0 Å². The summed E-state index contributed by atoms with van der Waals surface area (Å²) in [7, 11) is 0. The van der Waals surface area contributed by atoms with Gasteiger partial charge >= 0.3 is 12.1 Å². The predicted molar refractivity (Wildman–Crippen MR) is 74.9 cm³/mol. The molecule has 1 aromatic rings. The van der Waals surface area contributed by atoms with Crippen molar-refractivity contribution in [1.82, 2.24) is 10.6 Å². The zero-order valence-corrected chi connectivity index (χ0v) is 12.3. The first-order chi connectivity index (χ1) is 10.7. The number of aromatic hydroxyl groups is 1. The van der Waals surface area contributed by atoms with Crippen molar-refractivity contribution in [2.45, 2.75) is 25.6 Å². The van der Waals surface area contributed by atoms with E-state index in [-0.39, 0.29) is 25.3 Å². The second-order valence-corrected chi connectivity index (χ2v) is 4.65. The standard InChI is InChI=1S/C14H17F3N2O4/c1-9(23-11-5-3-10(20)4-6-11)12(21)18-7-2-8-19-13(22)14(15,16)17/h3-6,9,20H,2,7-8H2,1H3,(H,18,21)(H,19,22). The van der Waals surface area contributed by atoms with Crippen LogP contribution in [-0.2, 0) is 9.59 Å². The molecule has 0 fully saturated rings. The summed E-state index contributed by atoms with van der Waals surface area (Å²) in [5.74, 6) is -1.99. The van der Waals surface area contributed by atoms with Crippen molar-refractivity contribution in [1.29, 1.82) is 0 Å². The monoisotopic (exact) mass is 334 g/mol. The molecular formula is C14H17F3N2O4. The summed E-state index contributed by atoms with van der Waals surface area (Å²) in [6.45, 7) is 1.40. The molecule has 0 aliphatic heterocycles. The van der Waals surface area contributed by atoms with Crippen LogP contribution in [0.3, 0.4) is 0 Å². The Bertz CT molecular complexity index is 532. The number of halogens is 3. The molecule has 128 valence electrons. The Morgan fingerprint density at radius 3 is 2.30 bits per heavy atom. The summed E-state index contributed by atoms with van der Waals surface area (Å²) in [6, 6.07) is 5.80. The molecule has 1 rings (SSSR count). The first-order valence-corrected chi connectivity index (χ1v) is 6.78. The lowest BCUT2D eigenvalue weighted by molar-refractivity contribution is -0.173. The summed E-state index contributed by atoms with van der Waals surface area (Å²) in [6.07, 6.45) is -5.57. The van der Waals surface area contributed by atoms with Crippen molar-refractivity contribution in [3.05, 3.63) is 24.3 Å². The molecule has 1 atom stereocenters. The number of carbonyl (C=O) groups excluding carboxylic acids is 2. The Balaban J connectivity index is 2.23. The average Bonchev–Trinajstić information content (AvgIpc) is 2.47. The SMILES string of the molecule is CC(Oc1ccc(O)cc1)C(=O)NCCCNC(=O)C(F)(F)F. The number of carbonyl (C=O) groups is 2. The quantitative estimate of drug-likeness (QED) is 0.657. The van der Waals surface area contributed by atoms with E-state index in [0.29, 0.717) is 5.75 Å². The molecule has 0 heterocycles. The summed E-state index contributed by atoms with van der Waals surface area (Å²) in [5.41, 5.74) is 0. The number of ether oxygens (including phenoxy) is 1. The van der Waals surface area contributed by atoms with E-state index in [0.717, 1.165) is 0 Å². The minimum Gasteiger partial charge on any atom is -0.508 e. The smallest absolute Gasteiger partial charge is 0.471 e. The van der Waals surface area contributed by atoms with E-state index >= 15 is 0 Å². The van der Waals surface area contributed by atoms with E-state index in [4.69, 9.17) is 9.84 Å². The first kappa shape index (κ1) is 18.6. The van der Waals surface area contributed by atoms with Crippen LogP contribution in [0.25, 0.3) is 0 Å². The highest BCUT2D eigenvalue weighted by molar-refractivity contribution is 5.81. The van der Waals surface area contributed by atoms with Crippen molar-refractivity contribution < 1.29 is 32.6 Å². The first-order valence-electron chi connectivity index (χ1n) is 6.78. The number of hydrogen-bond acceptors (Lipinski definition) is 4. The van der Waals surface area contributed by atoms with Gasteiger partial charge < -0.3 is 20.5 Å². The Morgan fingerprint density at radius 1 is 1.17 bits per heavy atom. The van der Waals surface area contributed by atoms with Gasteiger partial charge in [-0.15, -0.1) is 0 Å². The maximum absolute atomic E-state index is 11.9. The van der Waals surface area contributed by atoms with Crippen LogP contribution < -0.4 is 15.4 Å². The third-order valence-corrected chi connectivity index (χ3v) is 2.71. The van der Waals surface area contributed by atoms with E-state index in [1.807, 2.05) is 0 Å². The molecule has 23 heavy (non-hydrogen) atoms. The molecule has 2 amide bonds. The maximum Gasteiger partial charge on any atom is 0.471 e. The number of phenols is 1. The largest absolute Gasteiger partial charge is 0.508 e. The molecule has 3 N–H and O–H groups in total. The van der Waals surface area contributed by atoms with E-state index in [9.17, 15) is 22.8 Å². The fraction of sp³-hybridized carbons (Fsp3) is 0.429. The Kier molecular flexibility index (Phi) is 6.67. The Labute approximate surface area is 130 Å². The highest BCUT2D eigenvalue weighted by atomic mass is 19.4. The predicted octanol–water partition coefficient (Wildman–Crippen LogP) is 1.34. The second-order valence-electron chi connectivity index (χ2n) is 4.65. The molecule has 0 radical (unpaired) electrons. The summed E-state index contributed by atoms with van der Waals surface area (Å²) >= 11 is 0. The van der Waals surface area contributed by atoms with Crippen molar-refractivity contribution in [2.75, 3.05) is 13.1 Å². The molecule has 6 nitrogen and oxygen atoms in total. The topological polar surface area (TPSA) is 87.7 Å². The molecule has 0 aliphatic carbocycles. The number of rotatable bonds is 7. The fourth-order valence-corrected chi connectivity index (χ4v) is 1.53. The summed E-state index contributed by atoms with van der Waals surface area (Å²) in [4.78, 5) is 22.3. The van der Waals surface area contributed by atoms with Crippen molar-refractivity contribution in [3.8, 4) is 11.5 Å². The molecule has 0 aromatic heterocycles. The van der Waals surface area contributed by atoms with Crippen molar-refractivity contribution >= 4 is 11.8 Å². The lowest BCUT2D eigenvalue weighted by Gasteiger charge is -2.15. The normalized spacial score (nSPS) is 12.3. The zero-order valence-electron chi connectivity index (χ0n) is 12.3. The lowest BCUT2D eigenvalue weighted by atomic mass is 10.3. The molecule has 0 saturated heterocycles. The molecule has 0 aliphatic rings. The molecule has 9 heteroatoms. The van der Waals surface area contributed by atoms with Gasteiger partial charge in [0.1, 0.15) is 11.5 Å². The third-order valence-electron chi connectivity index (χ3n) is 2.71. The van der Waals surface area contributed by atoms with Gasteiger partial charge in [-0.1, -0.05) is 0 Å². The van der Waals surface area contributed by atoms with Crippen LogP contribution >= 0.6 is 0 Å². The van der Waals surface area contributed by atoms with Gasteiger partial charge in [0.25, 0.3) is 5.91 Å². The van der Waals surface area contributed by atoms with Gasteiger partial charge in [0.2, 0.25) is 0 Å². The number of amides is 2. The summed E-state index contributed by atoms with van der Waals surface area (Å²) in [5, 5.41) is 13.3. The van der Waals surface area contributed by atoms with Gasteiger partial charge in [-0.3, -0.25) is 9.59 Å². The third kappa shape index (κ3) is 6.90. The van der Waals surface area contributed by atoms with Gasteiger partial charge in [-0.2, -0.15) is 13.2 Å². The van der Waals surface area contributed by atoms with Crippen molar-refractivity contribution in [3.63, 3.8) is 0 Å². The van der Waals surface area contributed by atoms with Gasteiger partial charge in [0, 0.05) is 13.1 Å². The van der Waals surface area contributed by atoms with Crippen LogP contribution in [0.4, 0.5) is 13.2 Å². The van der Waals surface area contributed by atoms with Crippen LogP contribution in [0.5, 0.6) is 11.5 Å². The number of alkyl halides is 3. The molecular weight excluding hydrogens is 317 g/mol. The van der Waals surface area contributed by atoms with E-state index < -0.39 is 24.1 Å². The van der Waals surface area contributed by atoms with Gasteiger partial charge in [-0.05, 0) is 37.6 Å². The Morgan fingerprint density at radius 2 is 1.74 bits per heavy atom. The van der Waals surface area contributed by atoms with Crippen LogP contribution in [0, 0.1) is 0 Å². The minimum absolute atomic E-state index is 0.0651. The number of hydrogen-bond donors (Lipinski definition) is 3. The van der Waals surface area contributed by atoms with Crippen molar-refractivity contribution in [2.24, 2.45) is 0 Å².